The van der Waals surface area contributed by atoms with Gasteiger partial charge >= 0.3 is 0 Å². The second-order valence-electron chi connectivity index (χ2n) is 6.80. The molecule has 138 valence electrons. The molecular formula is C22H13FN6. The monoisotopic (exact) mass is 380 g/mol. The molecule has 1 atom stereocenters. The maximum Gasteiger partial charge on any atom is 0.241 e. The van der Waals surface area contributed by atoms with E-state index < -0.39 is 5.82 Å². The third-order valence-electron chi connectivity index (χ3n) is 4.93. The van der Waals surface area contributed by atoms with Gasteiger partial charge in [-0.05, 0) is 48.1 Å². The Bertz CT molecular complexity index is 1270. The van der Waals surface area contributed by atoms with Crippen LogP contribution in [0.4, 0.5) is 10.1 Å². The fraction of sp³-hybridized carbons (Fsp3) is 0.136. The molecule has 7 heteroatoms. The molecule has 29 heavy (non-hydrogen) atoms. The Hall–Kier alpha value is -4.10. The average Bonchev–Trinajstić information content (AvgIpc) is 3.15. The summed E-state index contributed by atoms with van der Waals surface area (Å²) in [6, 6.07) is 12.4. The molecule has 0 aliphatic carbocycles. The first-order chi connectivity index (χ1) is 14.2. The van der Waals surface area contributed by atoms with Gasteiger partial charge in [0.25, 0.3) is 0 Å². The molecule has 0 N–H and O–H groups in total. The summed E-state index contributed by atoms with van der Waals surface area (Å²) in [6.45, 7) is 0.580. The lowest BCUT2D eigenvalue weighted by molar-refractivity contribution is 0.354. The van der Waals surface area contributed by atoms with Crippen LogP contribution >= 0.6 is 0 Å². The van der Waals surface area contributed by atoms with Crippen LogP contribution in [0.15, 0.2) is 62.2 Å². The number of fused-ring (bicyclic) bond motifs is 2. The highest BCUT2D eigenvalue weighted by Gasteiger charge is 2.30. The minimum Gasteiger partial charge on any atom is -0.247 e. The maximum atomic E-state index is 14.0. The molecule has 3 aliphatic heterocycles. The molecule has 1 unspecified atom stereocenters. The van der Waals surface area contributed by atoms with Crippen molar-refractivity contribution >= 4 is 35.5 Å². The molecule has 0 saturated carbocycles. The maximum absolute atomic E-state index is 14.0. The highest BCUT2D eigenvalue weighted by atomic mass is 19.1. The summed E-state index contributed by atoms with van der Waals surface area (Å²) in [5.74, 6) is 2.70. The Balaban J connectivity index is 1.40. The number of hydrogen-bond acceptors (Lipinski definition) is 6. The molecule has 0 bridgehead atoms. The zero-order valence-electron chi connectivity index (χ0n) is 15.2. The summed E-state index contributed by atoms with van der Waals surface area (Å²) in [4.78, 5) is 13.0. The Morgan fingerprint density at radius 3 is 3.03 bits per heavy atom. The molecule has 0 radical (unpaired) electrons. The lowest BCUT2D eigenvalue weighted by atomic mass is 10.0. The summed E-state index contributed by atoms with van der Waals surface area (Å²) < 4.78 is 14.0. The SMILES string of the molecule is N#Cc1ccc(C2=NN3C(=NCC3Cc3ccc4c(c3)C=C=C=N4)N=C2)cc1F. The number of guanidine groups is 1. The van der Waals surface area contributed by atoms with E-state index in [2.05, 4.69) is 37.7 Å². The van der Waals surface area contributed by atoms with Crippen LogP contribution in [0, 0.1) is 17.1 Å². The van der Waals surface area contributed by atoms with Crippen molar-refractivity contribution in [2.45, 2.75) is 12.5 Å². The van der Waals surface area contributed by atoms with Gasteiger partial charge in [-0.2, -0.15) is 15.4 Å². The predicted molar refractivity (Wildman–Crippen MR) is 109 cm³/mol. The Morgan fingerprint density at radius 1 is 1.24 bits per heavy atom. The number of nitrogens with zero attached hydrogens (tertiary/aromatic N) is 6. The van der Waals surface area contributed by atoms with Gasteiger partial charge < -0.3 is 0 Å². The second-order valence-corrected chi connectivity index (χ2v) is 6.80. The molecule has 0 saturated heterocycles. The number of rotatable bonds is 3. The normalized spacial score (nSPS) is 18.2. The molecule has 0 aromatic heterocycles. The number of halogens is 1. The van der Waals surface area contributed by atoms with Gasteiger partial charge in [0.05, 0.1) is 30.1 Å². The lowest BCUT2D eigenvalue weighted by Gasteiger charge is -2.24. The Kier molecular flexibility index (Phi) is 4.00. The number of aliphatic imine (C=N–C) groups is 3. The van der Waals surface area contributed by atoms with Gasteiger partial charge in [0.2, 0.25) is 5.96 Å². The van der Waals surface area contributed by atoms with Crippen LogP contribution in [0.25, 0.3) is 6.08 Å². The number of hydrazone groups is 1. The largest absolute Gasteiger partial charge is 0.247 e. The summed E-state index contributed by atoms with van der Waals surface area (Å²) >= 11 is 0. The minimum atomic E-state index is -0.572. The molecule has 2 aromatic rings. The van der Waals surface area contributed by atoms with Gasteiger partial charge in [-0.1, -0.05) is 12.1 Å². The van der Waals surface area contributed by atoms with Crippen molar-refractivity contribution in [2.24, 2.45) is 20.1 Å². The van der Waals surface area contributed by atoms with E-state index in [0.717, 1.165) is 23.2 Å². The van der Waals surface area contributed by atoms with Crippen LogP contribution in [-0.2, 0) is 6.42 Å². The number of nitriles is 1. The highest BCUT2D eigenvalue weighted by Crippen LogP contribution is 2.26. The quantitative estimate of drug-likeness (QED) is 0.654. The van der Waals surface area contributed by atoms with Crippen molar-refractivity contribution in [1.29, 1.82) is 5.26 Å². The molecule has 3 aliphatic rings. The van der Waals surface area contributed by atoms with Crippen molar-refractivity contribution in [2.75, 3.05) is 6.54 Å². The van der Waals surface area contributed by atoms with Crippen LogP contribution < -0.4 is 0 Å². The van der Waals surface area contributed by atoms with E-state index in [-0.39, 0.29) is 11.6 Å². The van der Waals surface area contributed by atoms with Gasteiger partial charge in [0, 0.05) is 17.0 Å². The van der Waals surface area contributed by atoms with Crippen LogP contribution in [0.3, 0.4) is 0 Å². The van der Waals surface area contributed by atoms with Gasteiger partial charge in [-0.25, -0.2) is 19.4 Å². The van der Waals surface area contributed by atoms with Crippen molar-refractivity contribution in [1.82, 2.24) is 5.01 Å². The van der Waals surface area contributed by atoms with E-state index in [1.165, 1.54) is 12.1 Å². The molecule has 6 nitrogen and oxygen atoms in total. The van der Waals surface area contributed by atoms with Crippen LogP contribution in [0.5, 0.6) is 0 Å². The first-order valence-electron chi connectivity index (χ1n) is 9.05. The number of benzene rings is 2. The van der Waals surface area contributed by atoms with Crippen LogP contribution in [0.2, 0.25) is 0 Å². The van der Waals surface area contributed by atoms with Gasteiger partial charge in [0.1, 0.15) is 17.6 Å². The van der Waals surface area contributed by atoms with Crippen molar-refractivity contribution in [3.05, 3.63) is 70.2 Å². The van der Waals surface area contributed by atoms with E-state index in [1.807, 2.05) is 24.3 Å². The number of hydrogen-bond donors (Lipinski definition) is 0. The van der Waals surface area contributed by atoms with Gasteiger partial charge in [0.15, 0.2) is 0 Å². The summed E-state index contributed by atoms with van der Waals surface area (Å²) in [6.07, 6.45) is 4.17. The molecule has 2 aromatic carbocycles. The van der Waals surface area contributed by atoms with Crippen molar-refractivity contribution in [3.8, 4) is 6.07 Å². The standard InChI is InChI=1S/C22H13FN6/c23-19-10-16(4-5-17(19)11-24)21-13-27-22-26-12-18(29(22)28-21)9-14-3-6-20-15(8-14)2-1-7-25-20/h2-6,8,10,13,18H,9,12H2. The average molecular weight is 380 g/mol. The zero-order chi connectivity index (χ0) is 19.8. The third-order valence-corrected chi connectivity index (χ3v) is 4.93. The first-order valence-corrected chi connectivity index (χ1v) is 9.05. The topological polar surface area (TPSA) is 76.5 Å². The fourth-order valence-corrected chi connectivity index (χ4v) is 3.46. The van der Waals surface area contributed by atoms with E-state index >= 15 is 0 Å². The minimum absolute atomic E-state index is 0.00374. The second kappa shape index (κ2) is 6.81. The predicted octanol–water partition coefficient (Wildman–Crippen LogP) is 3.25. The Labute approximate surface area is 166 Å². The molecule has 0 fully saturated rings. The summed E-state index contributed by atoms with van der Waals surface area (Å²) in [7, 11) is 0. The summed E-state index contributed by atoms with van der Waals surface area (Å²) in [5, 5.41) is 15.3. The van der Waals surface area contributed by atoms with Gasteiger partial charge in [-0.15, -0.1) is 0 Å². The molecular weight excluding hydrogens is 367 g/mol. The van der Waals surface area contributed by atoms with Crippen molar-refractivity contribution in [3.63, 3.8) is 0 Å². The van der Waals surface area contributed by atoms with E-state index in [0.29, 0.717) is 23.8 Å². The van der Waals surface area contributed by atoms with E-state index in [4.69, 9.17) is 5.26 Å². The van der Waals surface area contributed by atoms with Gasteiger partial charge in [-0.3, -0.25) is 0 Å². The molecule has 5 rings (SSSR count). The van der Waals surface area contributed by atoms with E-state index in [1.54, 1.807) is 17.3 Å². The van der Waals surface area contributed by atoms with Crippen LogP contribution in [-0.4, -0.2) is 41.4 Å². The van der Waals surface area contributed by atoms with Crippen molar-refractivity contribution < 1.29 is 4.39 Å². The van der Waals surface area contributed by atoms with E-state index in [9.17, 15) is 4.39 Å². The molecule has 0 spiro atoms. The Morgan fingerprint density at radius 2 is 2.17 bits per heavy atom. The zero-order valence-corrected chi connectivity index (χ0v) is 15.2. The van der Waals surface area contributed by atoms with Crippen LogP contribution in [0.1, 0.15) is 22.3 Å². The smallest absolute Gasteiger partial charge is 0.241 e. The third kappa shape index (κ3) is 3.09. The molecule has 0 amide bonds. The first kappa shape index (κ1) is 17.0. The summed E-state index contributed by atoms with van der Waals surface area (Å²) in [5.41, 5.74) is 7.00. The molecule has 3 heterocycles. The highest BCUT2D eigenvalue weighted by molar-refractivity contribution is 6.40. The fourth-order valence-electron chi connectivity index (χ4n) is 3.46. The lowest BCUT2D eigenvalue weighted by Crippen LogP contribution is -2.36.